The molecule has 0 saturated heterocycles. The summed E-state index contributed by atoms with van der Waals surface area (Å²) >= 11 is 1.69. The SMILES string of the molecule is c1cncc(C(NC2CC2)c2nccs2)c1. The fourth-order valence-corrected chi connectivity index (χ4v) is 2.44. The van der Waals surface area contributed by atoms with Crippen LogP contribution in [0.15, 0.2) is 36.1 Å². The third kappa shape index (κ3) is 2.13. The van der Waals surface area contributed by atoms with E-state index in [1.807, 2.05) is 23.8 Å². The van der Waals surface area contributed by atoms with Crippen molar-refractivity contribution in [1.82, 2.24) is 15.3 Å². The summed E-state index contributed by atoms with van der Waals surface area (Å²) in [5.74, 6) is 0. The van der Waals surface area contributed by atoms with Gasteiger partial charge in [0.2, 0.25) is 0 Å². The number of pyridine rings is 1. The lowest BCUT2D eigenvalue weighted by Crippen LogP contribution is -2.24. The minimum atomic E-state index is 0.209. The minimum Gasteiger partial charge on any atom is -0.301 e. The summed E-state index contributed by atoms with van der Waals surface area (Å²) in [6.07, 6.45) is 8.14. The normalized spacial score (nSPS) is 17.2. The Morgan fingerprint density at radius 1 is 1.38 bits per heavy atom. The molecule has 1 unspecified atom stereocenters. The van der Waals surface area contributed by atoms with Crippen LogP contribution in [0.1, 0.15) is 29.5 Å². The summed E-state index contributed by atoms with van der Waals surface area (Å²) < 4.78 is 0. The molecule has 1 saturated carbocycles. The number of hydrogen-bond acceptors (Lipinski definition) is 4. The monoisotopic (exact) mass is 231 g/mol. The summed E-state index contributed by atoms with van der Waals surface area (Å²) in [6.45, 7) is 0. The van der Waals surface area contributed by atoms with Crippen LogP contribution in [-0.4, -0.2) is 16.0 Å². The van der Waals surface area contributed by atoms with Crippen LogP contribution in [0.4, 0.5) is 0 Å². The zero-order valence-electron chi connectivity index (χ0n) is 8.84. The van der Waals surface area contributed by atoms with Gasteiger partial charge in [-0.15, -0.1) is 11.3 Å². The van der Waals surface area contributed by atoms with Crippen LogP contribution < -0.4 is 5.32 Å². The van der Waals surface area contributed by atoms with E-state index in [1.165, 1.54) is 18.4 Å². The Morgan fingerprint density at radius 2 is 2.31 bits per heavy atom. The third-order valence-electron chi connectivity index (χ3n) is 2.70. The van der Waals surface area contributed by atoms with E-state index in [0.717, 1.165) is 5.01 Å². The first-order valence-corrected chi connectivity index (χ1v) is 6.37. The molecule has 1 fully saturated rings. The maximum Gasteiger partial charge on any atom is 0.114 e. The standard InChI is InChI=1S/C12H13N3S/c1-2-9(8-13-5-1)11(15-10-3-4-10)12-14-6-7-16-12/h1-2,5-8,10-11,15H,3-4H2. The molecule has 3 rings (SSSR count). The van der Waals surface area contributed by atoms with Gasteiger partial charge in [0.1, 0.15) is 5.01 Å². The van der Waals surface area contributed by atoms with Crippen molar-refractivity contribution in [3.05, 3.63) is 46.7 Å². The van der Waals surface area contributed by atoms with Crippen LogP contribution in [0.5, 0.6) is 0 Å². The Bertz CT molecular complexity index is 437. The molecular weight excluding hydrogens is 218 g/mol. The molecule has 1 aliphatic rings. The summed E-state index contributed by atoms with van der Waals surface area (Å²) in [5, 5.41) is 6.76. The smallest absolute Gasteiger partial charge is 0.114 e. The molecule has 0 aliphatic heterocycles. The maximum atomic E-state index is 4.40. The van der Waals surface area contributed by atoms with Gasteiger partial charge in [-0.3, -0.25) is 4.98 Å². The maximum absolute atomic E-state index is 4.40. The second kappa shape index (κ2) is 4.31. The molecule has 0 aromatic carbocycles. The van der Waals surface area contributed by atoms with Crippen molar-refractivity contribution in [3.63, 3.8) is 0 Å². The first-order valence-electron chi connectivity index (χ1n) is 5.49. The summed E-state index contributed by atoms with van der Waals surface area (Å²) in [4.78, 5) is 8.58. The van der Waals surface area contributed by atoms with Gasteiger partial charge in [0.15, 0.2) is 0 Å². The highest BCUT2D eigenvalue weighted by Gasteiger charge is 2.27. The van der Waals surface area contributed by atoms with Crippen LogP contribution in [0, 0.1) is 0 Å². The van der Waals surface area contributed by atoms with Crippen LogP contribution in [0.3, 0.4) is 0 Å². The van der Waals surface area contributed by atoms with Crippen molar-refractivity contribution in [2.24, 2.45) is 0 Å². The molecule has 1 atom stereocenters. The van der Waals surface area contributed by atoms with E-state index in [2.05, 4.69) is 21.4 Å². The van der Waals surface area contributed by atoms with Gasteiger partial charge in [-0.1, -0.05) is 6.07 Å². The van der Waals surface area contributed by atoms with E-state index in [4.69, 9.17) is 0 Å². The van der Waals surface area contributed by atoms with E-state index >= 15 is 0 Å². The Morgan fingerprint density at radius 3 is 2.94 bits per heavy atom. The lowest BCUT2D eigenvalue weighted by atomic mass is 10.1. The highest BCUT2D eigenvalue weighted by atomic mass is 32.1. The number of nitrogens with one attached hydrogen (secondary N) is 1. The molecule has 1 aliphatic carbocycles. The van der Waals surface area contributed by atoms with Crippen molar-refractivity contribution < 1.29 is 0 Å². The molecule has 2 heterocycles. The average Bonchev–Trinajstić information content (AvgIpc) is 3.00. The van der Waals surface area contributed by atoms with Crippen molar-refractivity contribution in [2.45, 2.75) is 24.9 Å². The van der Waals surface area contributed by atoms with Gasteiger partial charge in [0.25, 0.3) is 0 Å². The molecule has 16 heavy (non-hydrogen) atoms. The van der Waals surface area contributed by atoms with Gasteiger partial charge < -0.3 is 5.32 Å². The molecule has 3 nitrogen and oxygen atoms in total. The second-order valence-electron chi connectivity index (χ2n) is 4.03. The number of thiazole rings is 1. The highest BCUT2D eigenvalue weighted by molar-refractivity contribution is 7.09. The molecule has 0 amide bonds. The van der Waals surface area contributed by atoms with E-state index in [-0.39, 0.29) is 6.04 Å². The lowest BCUT2D eigenvalue weighted by molar-refractivity contribution is 0.596. The van der Waals surface area contributed by atoms with Crippen LogP contribution in [0.25, 0.3) is 0 Å². The predicted molar refractivity (Wildman–Crippen MR) is 64.4 cm³/mol. The number of nitrogens with zero attached hydrogens (tertiary/aromatic N) is 2. The molecule has 0 bridgehead atoms. The lowest BCUT2D eigenvalue weighted by Gasteiger charge is -2.15. The van der Waals surface area contributed by atoms with Crippen molar-refractivity contribution in [2.75, 3.05) is 0 Å². The molecule has 4 heteroatoms. The Kier molecular flexibility index (Phi) is 2.68. The minimum absolute atomic E-state index is 0.209. The quantitative estimate of drug-likeness (QED) is 0.878. The average molecular weight is 231 g/mol. The molecule has 2 aromatic heterocycles. The summed E-state index contributed by atoms with van der Waals surface area (Å²) in [7, 11) is 0. The molecule has 0 radical (unpaired) electrons. The van der Waals surface area contributed by atoms with Crippen molar-refractivity contribution in [1.29, 1.82) is 0 Å². The second-order valence-corrected chi connectivity index (χ2v) is 4.96. The molecule has 1 N–H and O–H groups in total. The fourth-order valence-electron chi connectivity index (χ4n) is 1.72. The predicted octanol–water partition coefficient (Wildman–Crippen LogP) is 2.38. The van der Waals surface area contributed by atoms with Gasteiger partial charge in [0.05, 0.1) is 6.04 Å². The van der Waals surface area contributed by atoms with Gasteiger partial charge in [-0.25, -0.2) is 4.98 Å². The summed E-state index contributed by atoms with van der Waals surface area (Å²) in [5.41, 5.74) is 1.20. The number of hydrogen-bond donors (Lipinski definition) is 1. The summed E-state index contributed by atoms with van der Waals surface area (Å²) in [6, 6.07) is 4.95. The first-order chi connectivity index (χ1) is 7.93. The van der Waals surface area contributed by atoms with Gasteiger partial charge in [-0.05, 0) is 24.5 Å². The van der Waals surface area contributed by atoms with Crippen molar-refractivity contribution in [3.8, 4) is 0 Å². The van der Waals surface area contributed by atoms with Crippen LogP contribution in [-0.2, 0) is 0 Å². The Balaban J connectivity index is 1.89. The van der Waals surface area contributed by atoms with E-state index in [9.17, 15) is 0 Å². The van der Waals surface area contributed by atoms with Crippen molar-refractivity contribution >= 4 is 11.3 Å². The highest BCUT2D eigenvalue weighted by Crippen LogP contribution is 2.29. The van der Waals surface area contributed by atoms with Crippen LogP contribution in [0.2, 0.25) is 0 Å². The van der Waals surface area contributed by atoms with Gasteiger partial charge >= 0.3 is 0 Å². The fraction of sp³-hybridized carbons (Fsp3) is 0.333. The molecule has 0 spiro atoms. The van der Waals surface area contributed by atoms with E-state index in [0.29, 0.717) is 6.04 Å². The number of rotatable bonds is 4. The molecular formula is C12H13N3S. The van der Waals surface area contributed by atoms with Gasteiger partial charge in [-0.2, -0.15) is 0 Å². The molecule has 82 valence electrons. The zero-order chi connectivity index (χ0) is 10.8. The molecule has 2 aromatic rings. The Labute approximate surface area is 98.6 Å². The first kappa shape index (κ1) is 9.93. The van der Waals surface area contributed by atoms with E-state index in [1.54, 1.807) is 17.5 Å². The third-order valence-corrected chi connectivity index (χ3v) is 3.54. The number of aromatic nitrogens is 2. The topological polar surface area (TPSA) is 37.8 Å². The Hall–Kier alpha value is -1.26. The van der Waals surface area contributed by atoms with Gasteiger partial charge in [0, 0.05) is 30.0 Å². The zero-order valence-corrected chi connectivity index (χ0v) is 9.65. The largest absolute Gasteiger partial charge is 0.301 e. The van der Waals surface area contributed by atoms with Crippen LogP contribution >= 0.6 is 11.3 Å². The van der Waals surface area contributed by atoms with E-state index < -0.39 is 0 Å².